The van der Waals surface area contributed by atoms with Gasteiger partial charge in [-0.15, -0.1) is 0 Å². The van der Waals surface area contributed by atoms with Gasteiger partial charge in [0.05, 0.1) is 10.6 Å². The standard InChI is InChI=1S/C17H22N3O3S/c1-12(2)16-18-17(23-19-16)13-8-10-20(11-9-13)14-6-4-5-7-15(14)24(3,21)22/h4,6-7,12-13H,8-11H2,1-3H3. The fourth-order valence-corrected chi connectivity index (χ4v) is 3.84. The van der Waals surface area contributed by atoms with Crippen LogP contribution < -0.4 is 4.90 Å². The van der Waals surface area contributed by atoms with Crippen LogP contribution in [0.2, 0.25) is 0 Å². The monoisotopic (exact) mass is 348 g/mol. The van der Waals surface area contributed by atoms with Crippen LogP contribution in [0.5, 0.6) is 0 Å². The molecule has 7 heteroatoms. The van der Waals surface area contributed by atoms with Crippen molar-refractivity contribution in [1.29, 1.82) is 0 Å². The van der Waals surface area contributed by atoms with Gasteiger partial charge in [0.1, 0.15) is 0 Å². The molecule has 1 fully saturated rings. The van der Waals surface area contributed by atoms with Gasteiger partial charge in [0.25, 0.3) is 0 Å². The summed E-state index contributed by atoms with van der Waals surface area (Å²) in [6, 6.07) is 7.97. The Morgan fingerprint density at radius 2 is 2.04 bits per heavy atom. The number of nitrogens with zero attached hydrogens (tertiary/aromatic N) is 3. The molecule has 129 valence electrons. The first-order chi connectivity index (χ1) is 11.4. The van der Waals surface area contributed by atoms with E-state index in [0.717, 1.165) is 37.4 Å². The highest BCUT2D eigenvalue weighted by atomic mass is 32.2. The van der Waals surface area contributed by atoms with E-state index in [2.05, 4.69) is 21.1 Å². The van der Waals surface area contributed by atoms with Gasteiger partial charge in [0, 0.05) is 31.2 Å². The Hall–Kier alpha value is -1.89. The Kier molecular flexibility index (Phi) is 4.62. The highest BCUT2D eigenvalue weighted by Gasteiger charge is 2.27. The second-order valence-corrected chi connectivity index (χ2v) is 8.56. The second-order valence-electron chi connectivity index (χ2n) is 6.57. The number of aromatic nitrogens is 2. The maximum absolute atomic E-state index is 12.0. The molecule has 3 rings (SSSR count). The zero-order chi connectivity index (χ0) is 17.3. The minimum absolute atomic E-state index is 0.234. The third kappa shape index (κ3) is 3.45. The summed E-state index contributed by atoms with van der Waals surface area (Å²) in [4.78, 5) is 6.94. The molecule has 6 nitrogen and oxygen atoms in total. The number of anilines is 1. The van der Waals surface area contributed by atoms with Gasteiger partial charge >= 0.3 is 0 Å². The van der Waals surface area contributed by atoms with Crippen molar-refractivity contribution < 1.29 is 12.9 Å². The largest absolute Gasteiger partial charge is 0.370 e. The summed E-state index contributed by atoms with van der Waals surface area (Å²) in [5.41, 5.74) is 0.753. The molecule has 0 spiro atoms. The van der Waals surface area contributed by atoms with Crippen molar-refractivity contribution in [2.45, 2.75) is 43.4 Å². The van der Waals surface area contributed by atoms with Crippen LogP contribution in [0, 0.1) is 6.07 Å². The lowest BCUT2D eigenvalue weighted by Crippen LogP contribution is -2.33. The van der Waals surface area contributed by atoms with Crippen molar-refractivity contribution in [2.24, 2.45) is 0 Å². The molecule has 0 atom stereocenters. The summed E-state index contributed by atoms with van der Waals surface area (Å²) in [5.74, 6) is 1.92. The first-order valence-corrected chi connectivity index (χ1v) is 10.0. The number of benzene rings is 1. The molecule has 1 radical (unpaired) electrons. The molecule has 2 heterocycles. The normalized spacial score (nSPS) is 16.8. The number of piperidine rings is 1. The summed E-state index contributed by atoms with van der Waals surface area (Å²) in [6.45, 7) is 5.60. The molecule has 1 aliphatic heterocycles. The Labute approximate surface area is 142 Å². The van der Waals surface area contributed by atoms with Gasteiger partial charge in [-0.25, -0.2) is 8.42 Å². The maximum atomic E-state index is 12.0. The van der Waals surface area contributed by atoms with Crippen molar-refractivity contribution in [2.75, 3.05) is 24.2 Å². The SMILES string of the molecule is CC(C)c1noc(C2CCN(c3cc[c]cc3S(C)(=O)=O)CC2)n1. The Morgan fingerprint density at radius 1 is 1.33 bits per heavy atom. The van der Waals surface area contributed by atoms with Crippen LogP contribution in [0.15, 0.2) is 27.6 Å². The predicted molar refractivity (Wildman–Crippen MR) is 91.0 cm³/mol. The molecule has 1 aliphatic rings. The Balaban J connectivity index is 1.74. The van der Waals surface area contributed by atoms with Crippen LogP contribution in [-0.4, -0.2) is 37.9 Å². The number of hydrogen-bond donors (Lipinski definition) is 0. The average Bonchev–Trinajstić information content (AvgIpc) is 3.04. The van der Waals surface area contributed by atoms with Crippen LogP contribution in [0.1, 0.15) is 50.2 Å². The van der Waals surface area contributed by atoms with Crippen molar-refractivity contribution in [1.82, 2.24) is 10.1 Å². The molecule has 0 amide bonds. The predicted octanol–water partition coefficient (Wildman–Crippen LogP) is 2.78. The highest BCUT2D eigenvalue weighted by Crippen LogP contribution is 2.32. The second kappa shape index (κ2) is 6.55. The summed E-state index contributed by atoms with van der Waals surface area (Å²) < 4.78 is 29.3. The molecular weight excluding hydrogens is 326 g/mol. The minimum atomic E-state index is -3.27. The third-order valence-electron chi connectivity index (χ3n) is 4.36. The molecule has 0 N–H and O–H groups in total. The van der Waals surface area contributed by atoms with Gasteiger partial charge in [-0.1, -0.05) is 25.1 Å². The Morgan fingerprint density at radius 3 is 2.62 bits per heavy atom. The van der Waals surface area contributed by atoms with Crippen LogP contribution >= 0.6 is 0 Å². The molecule has 0 unspecified atom stereocenters. The lowest BCUT2D eigenvalue weighted by molar-refractivity contribution is 0.326. The molecule has 1 aromatic carbocycles. The van der Waals surface area contributed by atoms with Crippen molar-refractivity contribution in [3.63, 3.8) is 0 Å². The van der Waals surface area contributed by atoms with Crippen LogP contribution in [-0.2, 0) is 9.84 Å². The van der Waals surface area contributed by atoms with Crippen molar-refractivity contribution in [3.05, 3.63) is 36.0 Å². The van der Waals surface area contributed by atoms with Crippen molar-refractivity contribution >= 4 is 15.5 Å². The van der Waals surface area contributed by atoms with Crippen LogP contribution in [0.3, 0.4) is 0 Å². The fraction of sp³-hybridized carbons (Fsp3) is 0.529. The molecule has 0 bridgehead atoms. The third-order valence-corrected chi connectivity index (χ3v) is 5.49. The molecule has 1 aromatic heterocycles. The Bertz CT molecular complexity index is 806. The average molecular weight is 348 g/mol. The van der Waals surface area contributed by atoms with Crippen LogP contribution in [0.25, 0.3) is 0 Å². The van der Waals surface area contributed by atoms with E-state index in [0.29, 0.717) is 10.8 Å². The van der Waals surface area contributed by atoms with Gasteiger partial charge in [-0.05, 0) is 31.0 Å². The molecule has 1 saturated heterocycles. The molecule has 24 heavy (non-hydrogen) atoms. The van der Waals surface area contributed by atoms with Gasteiger partial charge in [0.15, 0.2) is 15.7 Å². The van der Waals surface area contributed by atoms with E-state index in [1.165, 1.54) is 6.26 Å². The summed E-state index contributed by atoms with van der Waals surface area (Å²) in [5, 5.41) is 4.03. The van der Waals surface area contributed by atoms with Gasteiger partial charge in [-0.3, -0.25) is 0 Å². The quantitative estimate of drug-likeness (QED) is 0.846. The van der Waals surface area contributed by atoms with E-state index in [1.807, 2.05) is 19.9 Å². The molecule has 2 aromatic rings. The molecule has 0 aliphatic carbocycles. The van der Waals surface area contributed by atoms with E-state index in [9.17, 15) is 8.42 Å². The highest BCUT2D eigenvalue weighted by molar-refractivity contribution is 7.90. The lowest BCUT2D eigenvalue weighted by atomic mass is 9.96. The molecule has 0 saturated carbocycles. The number of sulfone groups is 1. The summed E-state index contributed by atoms with van der Waals surface area (Å²) in [7, 11) is -3.27. The van der Waals surface area contributed by atoms with Gasteiger partial charge in [0.2, 0.25) is 5.89 Å². The maximum Gasteiger partial charge on any atom is 0.229 e. The van der Waals surface area contributed by atoms with E-state index < -0.39 is 9.84 Å². The van der Waals surface area contributed by atoms with Crippen molar-refractivity contribution in [3.8, 4) is 0 Å². The molecular formula is C17H22N3O3S. The fourth-order valence-electron chi connectivity index (χ4n) is 2.98. The first-order valence-electron chi connectivity index (χ1n) is 8.15. The van der Waals surface area contributed by atoms with E-state index in [1.54, 1.807) is 12.1 Å². The van der Waals surface area contributed by atoms with Crippen LogP contribution in [0.4, 0.5) is 5.69 Å². The number of hydrogen-bond acceptors (Lipinski definition) is 6. The minimum Gasteiger partial charge on any atom is -0.370 e. The zero-order valence-electron chi connectivity index (χ0n) is 14.2. The first kappa shape index (κ1) is 17.0. The number of rotatable bonds is 4. The smallest absolute Gasteiger partial charge is 0.229 e. The van der Waals surface area contributed by atoms with Gasteiger partial charge < -0.3 is 9.42 Å². The zero-order valence-corrected chi connectivity index (χ0v) is 15.0. The topological polar surface area (TPSA) is 76.3 Å². The van der Waals surface area contributed by atoms with E-state index >= 15 is 0 Å². The van der Waals surface area contributed by atoms with E-state index in [4.69, 9.17) is 4.52 Å². The summed E-state index contributed by atoms with van der Waals surface area (Å²) >= 11 is 0. The van der Waals surface area contributed by atoms with E-state index in [-0.39, 0.29) is 11.8 Å². The lowest BCUT2D eigenvalue weighted by Gasteiger charge is -2.33. The van der Waals surface area contributed by atoms with Gasteiger partial charge in [-0.2, -0.15) is 4.98 Å². The summed E-state index contributed by atoms with van der Waals surface area (Å²) in [6.07, 6.45) is 2.96.